The standard InChI is InChI=1S/C16H19NO2S/c1-9-12(13(15(18)19)14(17)20-9)10-5-7-11(8-6-10)16(2,3)4/h5-8H,17H2,1-4H3,(H,18,19). The van der Waals surface area contributed by atoms with Gasteiger partial charge in [-0.3, -0.25) is 0 Å². The summed E-state index contributed by atoms with van der Waals surface area (Å²) >= 11 is 1.33. The Morgan fingerprint density at radius 2 is 1.75 bits per heavy atom. The average molecular weight is 289 g/mol. The molecule has 4 heteroatoms. The molecule has 0 fully saturated rings. The maximum atomic E-state index is 11.4. The smallest absolute Gasteiger partial charge is 0.339 e. The van der Waals surface area contributed by atoms with Gasteiger partial charge in [-0.2, -0.15) is 0 Å². The molecule has 0 amide bonds. The zero-order valence-corrected chi connectivity index (χ0v) is 13.0. The molecular formula is C16H19NO2S. The van der Waals surface area contributed by atoms with Gasteiger partial charge in [0, 0.05) is 10.4 Å². The van der Waals surface area contributed by atoms with E-state index in [9.17, 15) is 9.90 Å². The van der Waals surface area contributed by atoms with Crippen LogP contribution < -0.4 is 5.73 Å². The summed E-state index contributed by atoms with van der Waals surface area (Å²) in [5, 5.41) is 9.70. The number of carboxylic acid groups (broad SMARTS) is 1. The van der Waals surface area contributed by atoms with E-state index < -0.39 is 5.97 Å². The van der Waals surface area contributed by atoms with Crippen molar-refractivity contribution < 1.29 is 9.90 Å². The number of anilines is 1. The van der Waals surface area contributed by atoms with Crippen LogP contribution in [-0.4, -0.2) is 11.1 Å². The second-order valence-electron chi connectivity index (χ2n) is 5.91. The van der Waals surface area contributed by atoms with Crippen LogP contribution in [0.5, 0.6) is 0 Å². The second kappa shape index (κ2) is 4.94. The van der Waals surface area contributed by atoms with Crippen LogP contribution in [0.4, 0.5) is 5.00 Å². The van der Waals surface area contributed by atoms with Crippen molar-refractivity contribution in [1.82, 2.24) is 0 Å². The van der Waals surface area contributed by atoms with Crippen LogP contribution >= 0.6 is 11.3 Å². The molecule has 20 heavy (non-hydrogen) atoms. The molecule has 0 unspecified atom stereocenters. The zero-order valence-electron chi connectivity index (χ0n) is 12.2. The van der Waals surface area contributed by atoms with Crippen molar-refractivity contribution in [3.8, 4) is 11.1 Å². The Labute approximate surface area is 123 Å². The third-order valence-electron chi connectivity index (χ3n) is 3.36. The Balaban J connectivity index is 2.55. The van der Waals surface area contributed by atoms with Gasteiger partial charge < -0.3 is 10.8 Å². The second-order valence-corrected chi connectivity index (χ2v) is 7.16. The van der Waals surface area contributed by atoms with E-state index in [1.807, 2.05) is 31.2 Å². The number of aromatic carboxylic acids is 1. The zero-order chi connectivity index (χ0) is 15.1. The van der Waals surface area contributed by atoms with Gasteiger partial charge in [0.25, 0.3) is 0 Å². The van der Waals surface area contributed by atoms with Crippen molar-refractivity contribution in [3.63, 3.8) is 0 Å². The van der Waals surface area contributed by atoms with Crippen molar-refractivity contribution in [2.45, 2.75) is 33.1 Å². The number of nitrogens with two attached hydrogens (primary N) is 1. The first-order chi connectivity index (χ1) is 9.21. The lowest BCUT2D eigenvalue weighted by molar-refractivity contribution is 0.0699. The molecule has 2 aromatic rings. The molecular weight excluding hydrogens is 270 g/mol. The summed E-state index contributed by atoms with van der Waals surface area (Å²) in [6, 6.07) is 8.05. The van der Waals surface area contributed by atoms with E-state index in [4.69, 9.17) is 5.73 Å². The number of benzene rings is 1. The number of rotatable bonds is 2. The predicted molar refractivity (Wildman–Crippen MR) is 84.6 cm³/mol. The lowest BCUT2D eigenvalue weighted by Crippen LogP contribution is -2.10. The minimum atomic E-state index is -0.971. The fourth-order valence-corrected chi connectivity index (χ4v) is 3.21. The van der Waals surface area contributed by atoms with Gasteiger partial charge in [-0.25, -0.2) is 4.79 Å². The molecule has 2 rings (SSSR count). The van der Waals surface area contributed by atoms with E-state index in [0.717, 1.165) is 16.0 Å². The molecule has 3 nitrogen and oxygen atoms in total. The topological polar surface area (TPSA) is 63.3 Å². The van der Waals surface area contributed by atoms with Crippen molar-refractivity contribution >= 4 is 22.3 Å². The average Bonchev–Trinajstić information content (AvgIpc) is 2.63. The highest BCUT2D eigenvalue weighted by Crippen LogP contribution is 2.38. The molecule has 0 aliphatic heterocycles. The number of hydrogen-bond acceptors (Lipinski definition) is 3. The number of carboxylic acids is 1. The van der Waals surface area contributed by atoms with Gasteiger partial charge in [-0.05, 0) is 23.5 Å². The Morgan fingerprint density at radius 3 is 2.20 bits per heavy atom. The summed E-state index contributed by atoms with van der Waals surface area (Å²) in [5.41, 5.74) is 8.98. The maximum absolute atomic E-state index is 11.4. The minimum absolute atomic E-state index is 0.0802. The minimum Gasteiger partial charge on any atom is -0.478 e. The Hall–Kier alpha value is -1.81. The number of hydrogen-bond donors (Lipinski definition) is 2. The molecule has 0 aliphatic rings. The van der Waals surface area contributed by atoms with Crippen LogP contribution in [0.15, 0.2) is 24.3 Å². The summed E-state index contributed by atoms with van der Waals surface area (Å²) in [6.07, 6.45) is 0. The van der Waals surface area contributed by atoms with E-state index in [0.29, 0.717) is 5.00 Å². The molecule has 3 N–H and O–H groups in total. The van der Waals surface area contributed by atoms with Gasteiger partial charge >= 0.3 is 5.97 Å². The quantitative estimate of drug-likeness (QED) is 0.866. The summed E-state index contributed by atoms with van der Waals surface area (Å²) in [5.74, 6) is -0.971. The highest BCUT2D eigenvalue weighted by atomic mass is 32.1. The number of thiophene rings is 1. The highest BCUT2D eigenvalue weighted by Gasteiger charge is 2.21. The maximum Gasteiger partial charge on any atom is 0.339 e. The molecule has 0 saturated carbocycles. The summed E-state index contributed by atoms with van der Waals surface area (Å²) in [4.78, 5) is 12.3. The molecule has 0 radical (unpaired) electrons. The largest absolute Gasteiger partial charge is 0.478 e. The number of carbonyl (C=O) groups is 1. The summed E-state index contributed by atoms with van der Waals surface area (Å²) < 4.78 is 0. The molecule has 1 heterocycles. The normalized spacial score (nSPS) is 11.6. The monoisotopic (exact) mass is 289 g/mol. The third kappa shape index (κ3) is 2.56. The third-order valence-corrected chi connectivity index (χ3v) is 4.30. The molecule has 106 valence electrons. The number of aryl methyl sites for hydroxylation is 1. The SMILES string of the molecule is Cc1sc(N)c(C(=O)O)c1-c1ccc(C(C)(C)C)cc1. The van der Waals surface area contributed by atoms with Crippen LogP contribution in [0.1, 0.15) is 41.6 Å². The van der Waals surface area contributed by atoms with Gasteiger partial charge in [0.05, 0.1) is 0 Å². The lowest BCUT2D eigenvalue weighted by atomic mass is 9.86. The van der Waals surface area contributed by atoms with Gasteiger partial charge in [0.2, 0.25) is 0 Å². The van der Waals surface area contributed by atoms with Gasteiger partial charge in [0.15, 0.2) is 0 Å². The lowest BCUT2D eigenvalue weighted by Gasteiger charge is -2.19. The van der Waals surface area contributed by atoms with E-state index in [2.05, 4.69) is 20.8 Å². The van der Waals surface area contributed by atoms with Gasteiger partial charge in [0.1, 0.15) is 10.6 Å². The van der Waals surface area contributed by atoms with Crippen LogP contribution in [0.3, 0.4) is 0 Å². The van der Waals surface area contributed by atoms with Crippen molar-refractivity contribution in [3.05, 3.63) is 40.3 Å². The van der Waals surface area contributed by atoms with Gasteiger partial charge in [-0.15, -0.1) is 11.3 Å². The first kappa shape index (κ1) is 14.6. The molecule has 0 saturated heterocycles. The first-order valence-electron chi connectivity index (χ1n) is 6.45. The molecule has 1 aromatic carbocycles. The van der Waals surface area contributed by atoms with Crippen LogP contribution in [0, 0.1) is 6.92 Å². The molecule has 1 aromatic heterocycles. The van der Waals surface area contributed by atoms with Crippen LogP contribution in [0.2, 0.25) is 0 Å². The van der Waals surface area contributed by atoms with Crippen molar-refractivity contribution in [1.29, 1.82) is 0 Å². The number of nitrogen functional groups attached to an aromatic ring is 1. The fraction of sp³-hybridized carbons (Fsp3) is 0.312. The summed E-state index contributed by atoms with van der Waals surface area (Å²) in [7, 11) is 0. The Kier molecular flexibility index (Phi) is 3.61. The van der Waals surface area contributed by atoms with Gasteiger partial charge in [-0.1, -0.05) is 45.0 Å². The van der Waals surface area contributed by atoms with Crippen molar-refractivity contribution in [2.75, 3.05) is 5.73 Å². The molecule has 0 spiro atoms. The highest BCUT2D eigenvalue weighted by molar-refractivity contribution is 7.16. The van der Waals surface area contributed by atoms with Crippen molar-refractivity contribution in [2.24, 2.45) is 0 Å². The molecule has 0 aliphatic carbocycles. The predicted octanol–water partition coefficient (Wildman–Crippen LogP) is 4.30. The Morgan fingerprint density at radius 1 is 1.20 bits per heavy atom. The van der Waals surface area contributed by atoms with E-state index in [-0.39, 0.29) is 11.0 Å². The van der Waals surface area contributed by atoms with E-state index in [1.54, 1.807) is 0 Å². The van der Waals surface area contributed by atoms with Crippen LogP contribution in [0.25, 0.3) is 11.1 Å². The fourth-order valence-electron chi connectivity index (χ4n) is 2.26. The summed E-state index contributed by atoms with van der Waals surface area (Å²) in [6.45, 7) is 8.36. The first-order valence-corrected chi connectivity index (χ1v) is 7.26. The van der Waals surface area contributed by atoms with Crippen LogP contribution in [-0.2, 0) is 5.41 Å². The van der Waals surface area contributed by atoms with E-state index >= 15 is 0 Å². The molecule has 0 atom stereocenters. The Bertz CT molecular complexity index is 648. The van der Waals surface area contributed by atoms with E-state index in [1.165, 1.54) is 16.9 Å². The molecule has 0 bridgehead atoms.